The van der Waals surface area contributed by atoms with Gasteiger partial charge in [-0.3, -0.25) is 13.7 Å². The maximum absolute atomic E-state index is 9.98. The van der Waals surface area contributed by atoms with Crippen molar-refractivity contribution in [3.05, 3.63) is 211 Å². The van der Waals surface area contributed by atoms with Gasteiger partial charge in [-0.15, -0.1) is 0 Å². The number of pyridine rings is 1. The minimum Gasteiger partial charge on any atom is -0.458 e. The van der Waals surface area contributed by atoms with Gasteiger partial charge < -0.3 is 4.74 Å². The van der Waals surface area contributed by atoms with Gasteiger partial charge in [0.25, 0.3) is 6.33 Å². The zero-order valence-electron chi connectivity index (χ0n) is 52.9. The van der Waals surface area contributed by atoms with Crippen LogP contribution in [-0.2, 0) is 21.7 Å². The predicted octanol–water partition coefficient (Wildman–Crippen LogP) is 18.2. The number of ether oxygens (including phenoxy) is 1. The van der Waals surface area contributed by atoms with Crippen LogP contribution in [0.5, 0.6) is 11.5 Å². The lowest BCUT2D eigenvalue weighted by molar-refractivity contribution is -0.572. The predicted molar refractivity (Wildman–Crippen MR) is 312 cm³/mol. The molecule has 12 rings (SSSR count). The third kappa shape index (κ3) is 8.34. The van der Waals surface area contributed by atoms with Crippen LogP contribution in [0.25, 0.3) is 94.5 Å². The fraction of sp³-hybridized carbons (Fsp3) is 0.229. The Labute approximate surface area is 454 Å². The van der Waals surface area contributed by atoms with E-state index in [9.17, 15) is 8.22 Å². The molecule has 0 radical (unpaired) electrons. The first-order valence-electron chi connectivity index (χ1n) is 29.9. The monoisotopic (exact) mass is 987 g/mol. The molecule has 0 saturated heterocycles. The summed E-state index contributed by atoms with van der Waals surface area (Å²) in [6.07, 6.45) is 5.67. The second-order valence-electron chi connectivity index (χ2n) is 24.2. The summed E-state index contributed by atoms with van der Waals surface area (Å²) in [7, 11) is 0. The number of aromatic nitrogens is 4. The molecule has 0 aliphatic carbocycles. The molecule has 372 valence electrons. The lowest BCUT2D eigenvalue weighted by atomic mass is 9.78. The van der Waals surface area contributed by atoms with E-state index in [-0.39, 0.29) is 50.6 Å². The molecule has 0 N–H and O–H groups in total. The van der Waals surface area contributed by atoms with Gasteiger partial charge in [0.05, 0.1) is 44.4 Å². The number of hydrogen-bond donors (Lipinski definition) is 0. The molecule has 4 heterocycles. The van der Waals surface area contributed by atoms with Crippen LogP contribution in [0.1, 0.15) is 116 Å². The molecular formula is C70H66N4O. The number of benzene rings is 8. The van der Waals surface area contributed by atoms with Gasteiger partial charge in [0.1, 0.15) is 17.3 Å². The molecule has 11 aromatic rings. The van der Waals surface area contributed by atoms with Gasteiger partial charge in [-0.25, -0.2) is 4.98 Å². The van der Waals surface area contributed by atoms with E-state index in [1.807, 2.05) is 76.0 Å². The van der Waals surface area contributed by atoms with Crippen LogP contribution in [-0.4, -0.2) is 14.1 Å². The summed E-state index contributed by atoms with van der Waals surface area (Å²) in [4.78, 5) is 4.90. The molecule has 5 heteroatoms. The summed E-state index contributed by atoms with van der Waals surface area (Å²) >= 11 is 0. The van der Waals surface area contributed by atoms with Gasteiger partial charge in [0.2, 0.25) is 0 Å². The fourth-order valence-corrected chi connectivity index (χ4v) is 10.7. The van der Waals surface area contributed by atoms with Gasteiger partial charge in [-0.1, -0.05) is 198 Å². The Bertz CT molecular complexity index is 4530. The highest BCUT2D eigenvalue weighted by Crippen LogP contribution is 2.47. The minimum absolute atomic E-state index is 0.00895. The molecule has 0 fully saturated rings. The molecule has 0 amide bonds. The van der Waals surface area contributed by atoms with Crippen LogP contribution in [0.3, 0.4) is 0 Å². The van der Waals surface area contributed by atoms with Crippen LogP contribution < -0.4 is 9.30 Å². The van der Waals surface area contributed by atoms with E-state index >= 15 is 0 Å². The van der Waals surface area contributed by atoms with Crippen molar-refractivity contribution in [2.45, 2.75) is 105 Å². The molecule has 5 nitrogen and oxygen atoms in total. The van der Waals surface area contributed by atoms with Crippen LogP contribution in [0.4, 0.5) is 0 Å². The number of nitrogens with zero attached hydrogens (tertiary/aromatic N) is 4. The Kier molecular flexibility index (Phi) is 9.09. The van der Waals surface area contributed by atoms with Crippen molar-refractivity contribution in [1.29, 1.82) is 0 Å². The maximum atomic E-state index is 9.98. The standard InChI is InChI=1S/C70H66N4O/c1-67(2,3)46-33-34-71-64(40-46)74-61-30-18-17-27-56(61)57-32-31-51(42-62(57)74)75-50-22-19-21-49(41-50)72-43-73-65-58(28-20-29-60(65)70(10,11)12)54-25-15-13-23-52(54)53-24-14-16-26-55(53)59-37-45(38-63(72)66(59)73)44-35-47(68(4,5)6)39-48(36-44)69(7,8)9/h13-42H,1-12H3/i13D,14D,15D,16D,23D,24D,25D,26D. The van der Waals surface area contributed by atoms with Crippen molar-refractivity contribution in [1.82, 2.24) is 14.1 Å². The van der Waals surface area contributed by atoms with Gasteiger partial charge >= 0.3 is 0 Å². The highest BCUT2D eigenvalue weighted by atomic mass is 16.5. The highest BCUT2D eigenvalue weighted by Gasteiger charge is 2.30. The van der Waals surface area contributed by atoms with Crippen molar-refractivity contribution in [3.8, 4) is 73.2 Å². The van der Waals surface area contributed by atoms with Crippen LogP contribution in [0.15, 0.2) is 182 Å². The quantitative estimate of drug-likeness (QED) is 0.127. The number of para-hydroxylation sites is 2. The molecule has 75 heavy (non-hydrogen) atoms. The Hall–Kier alpha value is -8.02. The van der Waals surface area contributed by atoms with E-state index in [1.165, 1.54) is 5.56 Å². The van der Waals surface area contributed by atoms with Gasteiger partial charge in [0, 0.05) is 23.0 Å². The summed E-state index contributed by atoms with van der Waals surface area (Å²) in [5.41, 5.74) is 10.3. The van der Waals surface area contributed by atoms with Crippen LogP contribution >= 0.6 is 0 Å². The molecule has 0 saturated carbocycles. The lowest BCUT2D eigenvalue weighted by Crippen LogP contribution is -2.35. The van der Waals surface area contributed by atoms with Crippen LogP contribution in [0, 0.1) is 6.33 Å². The number of imidazole rings is 1. The molecule has 0 spiro atoms. The smallest absolute Gasteiger partial charge is 0.269 e. The Balaban J connectivity index is 1.18. The van der Waals surface area contributed by atoms with E-state index in [0.717, 1.165) is 55.4 Å². The van der Waals surface area contributed by atoms with Gasteiger partial charge in [0.15, 0.2) is 0 Å². The number of hydrogen-bond acceptors (Lipinski definition) is 2. The summed E-state index contributed by atoms with van der Waals surface area (Å²) in [5.74, 6) is 1.96. The molecule has 0 unspecified atom stereocenters. The summed E-state index contributed by atoms with van der Waals surface area (Å²) < 4.78 is 89.1. The van der Waals surface area contributed by atoms with Crippen molar-refractivity contribution >= 4 is 32.8 Å². The second kappa shape index (κ2) is 17.3. The molecule has 3 aromatic heterocycles. The second-order valence-corrected chi connectivity index (χ2v) is 24.2. The summed E-state index contributed by atoms with van der Waals surface area (Å²) in [6, 6.07) is 39.6. The van der Waals surface area contributed by atoms with E-state index in [1.54, 1.807) is 0 Å². The summed E-state index contributed by atoms with van der Waals surface area (Å²) in [6.45, 7) is 26.0. The van der Waals surface area contributed by atoms with Crippen molar-refractivity contribution in [2.75, 3.05) is 0 Å². The largest absolute Gasteiger partial charge is 0.458 e. The minimum atomic E-state index is -0.556. The number of fused-ring (bicyclic) bond motifs is 10. The van der Waals surface area contributed by atoms with E-state index in [2.05, 4.69) is 161 Å². The Morgan fingerprint density at radius 2 is 1.08 bits per heavy atom. The molecular weight excluding hydrogens is 913 g/mol. The SMILES string of the molecule is [2H]c1c([2H])c([2H])c2c(c1[2H])-c1cccc(C(C)(C)C)c1-[n+]1[c-]n(-c3cccc(Oc4ccc5c6ccccc6n(-c6cc(C(C)(C)C)ccn6)c5c4)c3)c3cc(-c4cc(C(C)(C)C)cc(C(C)(C)C)c4)cc(c31)-c1c([2H])c([2H])c([2H])c([2H])c1-2. The topological polar surface area (TPSA) is 35.9 Å². The first-order valence-corrected chi connectivity index (χ1v) is 25.9. The summed E-state index contributed by atoms with van der Waals surface area (Å²) in [5, 5.41) is 2.16. The zero-order valence-corrected chi connectivity index (χ0v) is 44.9. The lowest BCUT2D eigenvalue weighted by Gasteiger charge is -2.27. The first kappa shape index (κ1) is 39.4. The normalized spacial score (nSPS) is 14.3. The Morgan fingerprint density at radius 1 is 0.480 bits per heavy atom. The average Bonchev–Trinajstić information content (AvgIpc) is 1.72. The van der Waals surface area contributed by atoms with E-state index in [4.69, 9.17) is 12.5 Å². The number of rotatable bonds is 5. The molecule has 1 aliphatic heterocycles. The van der Waals surface area contributed by atoms with Crippen molar-refractivity contribution in [3.63, 3.8) is 0 Å². The van der Waals surface area contributed by atoms with E-state index in [0.29, 0.717) is 45.0 Å². The molecule has 8 aromatic carbocycles. The molecule has 0 bridgehead atoms. The molecule has 1 aliphatic rings. The maximum Gasteiger partial charge on any atom is 0.269 e. The van der Waals surface area contributed by atoms with Crippen molar-refractivity contribution < 1.29 is 20.3 Å². The fourth-order valence-electron chi connectivity index (χ4n) is 10.7. The van der Waals surface area contributed by atoms with Crippen LogP contribution in [0.2, 0.25) is 0 Å². The van der Waals surface area contributed by atoms with E-state index < -0.39 is 41.7 Å². The first-order chi connectivity index (χ1) is 39.0. The molecule has 0 atom stereocenters. The third-order valence-corrected chi connectivity index (χ3v) is 14.8. The third-order valence-electron chi connectivity index (χ3n) is 14.8. The Morgan fingerprint density at radius 3 is 1.75 bits per heavy atom. The van der Waals surface area contributed by atoms with Gasteiger partial charge in [-0.2, -0.15) is 0 Å². The van der Waals surface area contributed by atoms with Crippen molar-refractivity contribution in [2.24, 2.45) is 0 Å². The highest BCUT2D eigenvalue weighted by molar-refractivity contribution is 6.09. The zero-order chi connectivity index (χ0) is 59.3. The van der Waals surface area contributed by atoms with Gasteiger partial charge in [-0.05, 0) is 143 Å². The average molecular weight is 987 g/mol.